The van der Waals surface area contributed by atoms with Gasteiger partial charge in [-0.05, 0) is 30.7 Å². The normalized spacial score (nSPS) is 15.6. The van der Waals surface area contributed by atoms with E-state index in [4.69, 9.17) is 5.73 Å². The summed E-state index contributed by atoms with van der Waals surface area (Å²) < 4.78 is 0. The van der Waals surface area contributed by atoms with E-state index in [1.807, 2.05) is 12.3 Å². The van der Waals surface area contributed by atoms with E-state index < -0.39 is 5.91 Å². The van der Waals surface area contributed by atoms with E-state index in [0.29, 0.717) is 11.4 Å². The fourth-order valence-corrected chi connectivity index (χ4v) is 2.85. The van der Waals surface area contributed by atoms with Gasteiger partial charge < -0.3 is 10.6 Å². The van der Waals surface area contributed by atoms with Gasteiger partial charge in [-0.25, -0.2) is 4.98 Å². The Morgan fingerprint density at radius 1 is 1.13 bits per heavy atom. The number of hydrogen-bond donors (Lipinski definition) is 1. The largest absolute Gasteiger partial charge is 0.365 e. The summed E-state index contributed by atoms with van der Waals surface area (Å²) >= 11 is 0. The first-order valence-corrected chi connectivity index (χ1v) is 7.78. The lowest BCUT2D eigenvalue weighted by molar-refractivity contribution is 0.1000. The van der Waals surface area contributed by atoms with Gasteiger partial charge in [0.2, 0.25) is 0 Å². The summed E-state index contributed by atoms with van der Waals surface area (Å²) in [7, 11) is 0. The number of primary amides is 1. The third-order valence-electron chi connectivity index (χ3n) is 4.22. The van der Waals surface area contributed by atoms with Crippen LogP contribution in [0.1, 0.15) is 21.6 Å². The van der Waals surface area contributed by atoms with Crippen molar-refractivity contribution in [2.45, 2.75) is 13.5 Å². The van der Waals surface area contributed by atoms with Crippen LogP contribution in [0, 0.1) is 6.92 Å². The molecule has 1 aliphatic heterocycles. The molecular weight excluding hydrogens is 290 g/mol. The van der Waals surface area contributed by atoms with Crippen molar-refractivity contribution in [1.82, 2.24) is 14.9 Å². The number of carbonyl (C=O) groups excluding carboxylic acids is 1. The lowest BCUT2D eigenvalue weighted by Crippen LogP contribution is -2.47. The number of aromatic nitrogens is 2. The predicted octanol–water partition coefficient (Wildman–Crippen LogP) is 1.21. The molecule has 0 spiro atoms. The average Bonchev–Trinajstić information content (AvgIpc) is 2.58. The lowest BCUT2D eigenvalue weighted by Gasteiger charge is -2.35. The Morgan fingerprint density at radius 2 is 1.83 bits per heavy atom. The van der Waals surface area contributed by atoms with Crippen molar-refractivity contribution < 1.29 is 4.79 Å². The number of hydrogen-bond acceptors (Lipinski definition) is 5. The van der Waals surface area contributed by atoms with Crippen molar-refractivity contribution in [2.75, 3.05) is 31.1 Å². The minimum Gasteiger partial charge on any atom is -0.365 e. The monoisotopic (exact) mass is 311 g/mol. The molecule has 1 aliphatic rings. The molecule has 6 heteroatoms. The summed E-state index contributed by atoms with van der Waals surface area (Å²) in [4.78, 5) is 24.8. The quantitative estimate of drug-likeness (QED) is 0.918. The molecule has 0 bridgehead atoms. The summed E-state index contributed by atoms with van der Waals surface area (Å²) in [5.74, 6) is 0.258. The maximum absolute atomic E-state index is 11.5. The number of anilines is 1. The highest BCUT2D eigenvalue weighted by Crippen LogP contribution is 2.19. The maximum atomic E-state index is 11.5. The van der Waals surface area contributed by atoms with E-state index in [-0.39, 0.29) is 0 Å². The molecule has 0 saturated carbocycles. The Morgan fingerprint density at radius 3 is 2.52 bits per heavy atom. The van der Waals surface area contributed by atoms with Gasteiger partial charge in [-0.1, -0.05) is 6.07 Å². The fraction of sp³-hybridized carbons (Fsp3) is 0.353. The van der Waals surface area contributed by atoms with Gasteiger partial charge in [-0.2, -0.15) is 0 Å². The molecule has 2 aromatic rings. The van der Waals surface area contributed by atoms with Gasteiger partial charge >= 0.3 is 0 Å². The number of amides is 1. The minimum atomic E-state index is -0.431. The van der Waals surface area contributed by atoms with Crippen molar-refractivity contribution in [2.24, 2.45) is 5.73 Å². The molecule has 23 heavy (non-hydrogen) atoms. The molecule has 1 fully saturated rings. The second-order valence-electron chi connectivity index (χ2n) is 5.77. The number of aryl methyl sites for hydroxylation is 1. The predicted molar refractivity (Wildman–Crippen MR) is 89.2 cm³/mol. The number of nitrogens with two attached hydrogens (primary N) is 1. The number of rotatable bonds is 4. The second kappa shape index (κ2) is 6.75. The smallest absolute Gasteiger partial charge is 0.252 e. The van der Waals surface area contributed by atoms with Crippen LogP contribution in [0.4, 0.5) is 5.82 Å². The minimum absolute atomic E-state index is 0.431. The zero-order valence-electron chi connectivity index (χ0n) is 13.3. The first kappa shape index (κ1) is 15.4. The van der Waals surface area contributed by atoms with Gasteiger partial charge in [0, 0.05) is 45.1 Å². The second-order valence-corrected chi connectivity index (χ2v) is 5.77. The Balaban J connectivity index is 1.65. The van der Waals surface area contributed by atoms with Gasteiger partial charge in [0.25, 0.3) is 5.91 Å². The number of piperazine rings is 1. The van der Waals surface area contributed by atoms with Crippen LogP contribution in [0.2, 0.25) is 0 Å². The molecule has 1 amide bonds. The Bertz CT molecular complexity index is 695. The van der Waals surface area contributed by atoms with E-state index in [0.717, 1.165) is 38.4 Å². The molecule has 1 saturated heterocycles. The molecule has 0 aliphatic carbocycles. The van der Waals surface area contributed by atoms with E-state index in [2.05, 4.69) is 32.8 Å². The maximum Gasteiger partial charge on any atom is 0.252 e. The number of carbonyl (C=O) groups is 1. The van der Waals surface area contributed by atoms with Crippen LogP contribution >= 0.6 is 0 Å². The molecule has 3 heterocycles. The van der Waals surface area contributed by atoms with Crippen LogP contribution in [-0.2, 0) is 6.54 Å². The molecule has 3 rings (SSSR count). The Hall–Kier alpha value is -2.47. The topological polar surface area (TPSA) is 75.3 Å². The SMILES string of the molecule is Cc1cccnc1CN1CCN(c2ncccc2C(N)=O)CC1. The van der Waals surface area contributed by atoms with Gasteiger partial charge in [-0.15, -0.1) is 0 Å². The van der Waals surface area contributed by atoms with E-state index in [1.54, 1.807) is 18.3 Å². The number of nitrogens with zero attached hydrogens (tertiary/aromatic N) is 4. The molecule has 0 radical (unpaired) electrons. The zero-order chi connectivity index (χ0) is 16.2. The van der Waals surface area contributed by atoms with Gasteiger partial charge in [0.15, 0.2) is 0 Å². The Kier molecular flexibility index (Phi) is 4.52. The molecule has 0 unspecified atom stereocenters. The number of pyridine rings is 2. The standard InChI is InChI=1S/C17H21N5O/c1-13-4-2-6-19-15(13)12-21-8-10-22(11-9-21)17-14(16(18)23)5-3-7-20-17/h2-7H,8-12H2,1H3,(H2,18,23). The van der Waals surface area contributed by atoms with Gasteiger partial charge in [-0.3, -0.25) is 14.7 Å². The summed E-state index contributed by atoms with van der Waals surface area (Å²) in [6, 6.07) is 7.52. The highest BCUT2D eigenvalue weighted by molar-refractivity contribution is 5.97. The third-order valence-corrected chi connectivity index (χ3v) is 4.22. The van der Waals surface area contributed by atoms with Crippen LogP contribution < -0.4 is 10.6 Å². The molecule has 120 valence electrons. The van der Waals surface area contributed by atoms with E-state index >= 15 is 0 Å². The third kappa shape index (κ3) is 3.48. The van der Waals surface area contributed by atoms with Crippen molar-refractivity contribution in [1.29, 1.82) is 0 Å². The van der Waals surface area contributed by atoms with Crippen LogP contribution in [0.25, 0.3) is 0 Å². The van der Waals surface area contributed by atoms with E-state index in [9.17, 15) is 4.79 Å². The first-order chi connectivity index (χ1) is 11.1. The van der Waals surface area contributed by atoms with E-state index in [1.165, 1.54) is 5.56 Å². The summed E-state index contributed by atoms with van der Waals surface area (Å²) in [5.41, 5.74) is 8.27. The highest BCUT2D eigenvalue weighted by Gasteiger charge is 2.22. The van der Waals surface area contributed by atoms with Crippen molar-refractivity contribution in [3.05, 3.63) is 53.5 Å². The molecular formula is C17H21N5O. The van der Waals surface area contributed by atoms with Crippen molar-refractivity contribution in [3.63, 3.8) is 0 Å². The molecule has 0 atom stereocenters. The van der Waals surface area contributed by atoms with Crippen LogP contribution in [0.3, 0.4) is 0 Å². The lowest BCUT2D eigenvalue weighted by atomic mass is 10.2. The summed E-state index contributed by atoms with van der Waals surface area (Å²) in [6.07, 6.45) is 3.54. The zero-order valence-corrected chi connectivity index (χ0v) is 13.3. The average molecular weight is 311 g/mol. The van der Waals surface area contributed by atoms with Crippen molar-refractivity contribution >= 4 is 11.7 Å². The first-order valence-electron chi connectivity index (χ1n) is 7.78. The highest BCUT2D eigenvalue weighted by atomic mass is 16.1. The van der Waals surface area contributed by atoms with Crippen molar-refractivity contribution in [3.8, 4) is 0 Å². The summed E-state index contributed by atoms with van der Waals surface area (Å²) in [6.45, 7) is 6.40. The van der Waals surface area contributed by atoms with Gasteiger partial charge in [0.05, 0.1) is 11.3 Å². The fourth-order valence-electron chi connectivity index (χ4n) is 2.85. The molecule has 2 aromatic heterocycles. The van der Waals surface area contributed by atoms with Crippen LogP contribution in [0.15, 0.2) is 36.7 Å². The van der Waals surface area contributed by atoms with Crippen LogP contribution in [-0.4, -0.2) is 47.0 Å². The van der Waals surface area contributed by atoms with Crippen LogP contribution in [0.5, 0.6) is 0 Å². The van der Waals surface area contributed by atoms with Gasteiger partial charge in [0.1, 0.15) is 5.82 Å². The molecule has 6 nitrogen and oxygen atoms in total. The molecule has 2 N–H and O–H groups in total. The Labute approximate surface area is 135 Å². The molecule has 0 aromatic carbocycles. The summed E-state index contributed by atoms with van der Waals surface area (Å²) in [5, 5.41) is 0.